The van der Waals surface area contributed by atoms with Gasteiger partial charge < -0.3 is 4.74 Å². The van der Waals surface area contributed by atoms with E-state index in [1.807, 2.05) is 0 Å². The van der Waals surface area contributed by atoms with Gasteiger partial charge in [0, 0.05) is 0 Å². The number of hydrazine groups is 1. The van der Waals surface area contributed by atoms with Crippen LogP contribution in [0.1, 0.15) is 10.4 Å². The first-order chi connectivity index (χ1) is 10.7. The number of fused-ring (bicyclic) bond motifs is 1. The zero-order valence-electron chi connectivity index (χ0n) is 11.6. The SMILES string of the molecule is COc1ccccc1C(=O)NNc1nc2ccc(F)cc2s1. The lowest BCUT2D eigenvalue weighted by Gasteiger charge is -2.08. The Morgan fingerprint density at radius 3 is 2.91 bits per heavy atom. The van der Waals surface area contributed by atoms with E-state index >= 15 is 0 Å². The number of rotatable bonds is 4. The van der Waals surface area contributed by atoms with E-state index in [4.69, 9.17) is 4.74 Å². The van der Waals surface area contributed by atoms with Crippen molar-refractivity contribution in [2.75, 3.05) is 12.5 Å². The molecule has 0 aliphatic rings. The van der Waals surface area contributed by atoms with Gasteiger partial charge in [-0.3, -0.25) is 15.6 Å². The van der Waals surface area contributed by atoms with Crippen molar-refractivity contribution < 1.29 is 13.9 Å². The number of carbonyl (C=O) groups excluding carboxylic acids is 1. The molecule has 1 aromatic heterocycles. The van der Waals surface area contributed by atoms with E-state index in [1.165, 1.54) is 30.6 Å². The number of nitrogens with zero attached hydrogens (tertiary/aromatic N) is 1. The average molecular weight is 317 g/mol. The molecule has 0 unspecified atom stereocenters. The molecule has 5 nitrogen and oxygen atoms in total. The molecule has 0 radical (unpaired) electrons. The highest BCUT2D eigenvalue weighted by Crippen LogP contribution is 2.26. The van der Waals surface area contributed by atoms with E-state index < -0.39 is 0 Å². The van der Waals surface area contributed by atoms with Gasteiger partial charge in [0.05, 0.1) is 22.9 Å². The number of hydrogen-bond acceptors (Lipinski definition) is 5. The number of thiazole rings is 1. The van der Waals surface area contributed by atoms with Crippen LogP contribution in [0.5, 0.6) is 5.75 Å². The number of aromatic nitrogens is 1. The lowest BCUT2D eigenvalue weighted by molar-refractivity contribution is 0.0959. The van der Waals surface area contributed by atoms with Crippen LogP contribution in [0.15, 0.2) is 42.5 Å². The first-order valence-electron chi connectivity index (χ1n) is 6.43. The van der Waals surface area contributed by atoms with Gasteiger partial charge in [0.1, 0.15) is 11.6 Å². The van der Waals surface area contributed by atoms with Crippen molar-refractivity contribution in [1.82, 2.24) is 10.4 Å². The van der Waals surface area contributed by atoms with Crippen molar-refractivity contribution in [3.8, 4) is 5.75 Å². The summed E-state index contributed by atoms with van der Waals surface area (Å²) in [5, 5.41) is 0.476. The van der Waals surface area contributed by atoms with Crippen molar-refractivity contribution in [2.45, 2.75) is 0 Å². The zero-order chi connectivity index (χ0) is 15.5. The smallest absolute Gasteiger partial charge is 0.273 e. The van der Waals surface area contributed by atoms with Crippen LogP contribution in [-0.4, -0.2) is 18.0 Å². The Morgan fingerprint density at radius 1 is 1.27 bits per heavy atom. The molecule has 22 heavy (non-hydrogen) atoms. The van der Waals surface area contributed by atoms with Crippen molar-refractivity contribution in [2.24, 2.45) is 0 Å². The second-order valence-corrected chi connectivity index (χ2v) is 5.44. The Hall–Kier alpha value is -2.67. The van der Waals surface area contributed by atoms with Gasteiger partial charge in [0.25, 0.3) is 5.91 Å². The summed E-state index contributed by atoms with van der Waals surface area (Å²) in [6.45, 7) is 0. The number of nitrogens with one attached hydrogen (secondary N) is 2. The number of hydrogen-bond donors (Lipinski definition) is 2. The van der Waals surface area contributed by atoms with Gasteiger partial charge in [0.15, 0.2) is 0 Å². The Bertz CT molecular complexity index is 835. The summed E-state index contributed by atoms with van der Waals surface area (Å²) in [5.74, 6) is -0.184. The summed E-state index contributed by atoms with van der Waals surface area (Å²) >= 11 is 1.25. The van der Waals surface area contributed by atoms with Crippen LogP contribution in [0.2, 0.25) is 0 Å². The molecule has 2 N–H and O–H groups in total. The Kier molecular flexibility index (Phi) is 3.88. The zero-order valence-corrected chi connectivity index (χ0v) is 12.4. The Balaban J connectivity index is 1.74. The minimum absolute atomic E-state index is 0.319. The topological polar surface area (TPSA) is 63.2 Å². The molecule has 1 amide bonds. The second-order valence-electron chi connectivity index (χ2n) is 4.41. The normalized spacial score (nSPS) is 10.5. The summed E-state index contributed by atoms with van der Waals surface area (Å²) in [7, 11) is 1.50. The molecule has 0 spiro atoms. The standard InChI is InChI=1S/C15H12FN3O2S/c1-21-12-5-3-2-4-10(12)14(20)18-19-15-17-11-7-6-9(16)8-13(11)22-15/h2-8H,1H3,(H,17,19)(H,18,20). The molecule has 0 fully saturated rings. The quantitative estimate of drug-likeness (QED) is 0.725. The summed E-state index contributed by atoms with van der Waals surface area (Å²) < 4.78 is 19.0. The molecule has 112 valence electrons. The maximum Gasteiger partial charge on any atom is 0.273 e. The van der Waals surface area contributed by atoms with Crippen LogP contribution < -0.4 is 15.6 Å². The van der Waals surface area contributed by atoms with Gasteiger partial charge in [-0.05, 0) is 30.3 Å². The fraction of sp³-hybridized carbons (Fsp3) is 0.0667. The van der Waals surface area contributed by atoms with Crippen LogP contribution >= 0.6 is 11.3 Å². The van der Waals surface area contributed by atoms with Crippen molar-refractivity contribution >= 4 is 32.6 Å². The van der Waals surface area contributed by atoms with E-state index in [0.29, 0.717) is 26.7 Å². The maximum absolute atomic E-state index is 13.1. The van der Waals surface area contributed by atoms with Crippen LogP contribution in [0.3, 0.4) is 0 Å². The second kappa shape index (κ2) is 5.98. The molecule has 2 aromatic carbocycles. The number of carbonyl (C=O) groups is 1. The third-order valence-corrected chi connectivity index (χ3v) is 3.92. The van der Waals surface area contributed by atoms with E-state index in [9.17, 15) is 9.18 Å². The number of para-hydroxylation sites is 1. The van der Waals surface area contributed by atoms with Crippen LogP contribution in [0.4, 0.5) is 9.52 Å². The molecule has 0 aliphatic heterocycles. The monoisotopic (exact) mass is 317 g/mol. The predicted octanol–water partition coefficient (Wildman–Crippen LogP) is 3.20. The number of halogens is 1. The van der Waals surface area contributed by atoms with Gasteiger partial charge in [-0.25, -0.2) is 9.37 Å². The Morgan fingerprint density at radius 2 is 2.09 bits per heavy atom. The lowest BCUT2D eigenvalue weighted by Crippen LogP contribution is -2.29. The molecule has 0 saturated carbocycles. The third-order valence-electron chi connectivity index (χ3n) is 2.99. The van der Waals surface area contributed by atoms with Crippen LogP contribution in [0, 0.1) is 5.82 Å². The summed E-state index contributed by atoms with van der Waals surface area (Å²) in [5.41, 5.74) is 6.36. The molecule has 0 bridgehead atoms. The molecular formula is C15H12FN3O2S. The number of ether oxygens (including phenoxy) is 1. The minimum atomic E-state index is -0.345. The highest BCUT2D eigenvalue weighted by molar-refractivity contribution is 7.22. The number of benzene rings is 2. The fourth-order valence-electron chi connectivity index (χ4n) is 1.96. The first kappa shape index (κ1) is 14.3. The van der Waals surface area contributed by atoms with E-state index in [0.717, 1.165) is 0 Å². The Labute approximate surface area is 129 Å². The molecule has 1 heterocycles. The largest absolute Gasteiger partial charge is 0.496 e. The lowest BCUT2D eigenvalue weighted by atomic mass is 10.2. The number of amides is 1. The van der Waals surface area contributed by atoms with E-state index in [1.54, 1.807) is 30.3 Å². The first-order valence-corrected chi connectivity index (χ1v) is 7.24. The minimum Gasteiger partial charge on any atom is -0.496 e. The van der Waals surface area contributed by atoms with Crippen LogP contribution in [0.25, 0.3) is 10.2 Å². The molecule has 3 aromatic rings. The average Bonchev–Trinajstić information content (AvgIpc) is 2.94. The van der Waals surface area contributed by atoms with Gasteiger partial charge >= 0.3 is 0 Å². The van der Waals surface area contributed by atoms with E-state index in [2.05, 4.69) is 15.8 Å². The van der Waals surface area contributed by atoms with E-state index in [-0.39, 0.29) is 11.7 Å². The maximum atomic E-state index is 13.1. The number of anilines is 1. The van der Waals surface area contributed by atoms with Crippen molar-refractivity contribution in [3.63, 3.8) is 0 Å². The summed E-state index contributed by atoms with van der Waals surface area (Å²) in [6, 6.07) is 11.2. The van der Waals surface area contributed by atoms with Gasteiger partial charge in [0.2, 0.25) is 5.13 Å². The molecule has 0 atom stereocenters. The summed E-state index contributed by atoms with van der Waals surface area (Å²) in [4.78, 5) is 16.4. The van der Waals surface area contributed by atoms with Crippen molar-refractivity contribution in [1.29, 1.82) is 0 Å². The molecule has 3 rings (SSSR count). The van der Waals surface area contributed by atoms with Gasteiger partial charge in [-0.1, -0.05) is 23.5 Å². The molecule has 0 aliphatic carbocycles. The highest BCUT2D eigenvalue weighted by Gasteiger charge is 2.12. The van der Waals surface area contributed by atoms with Gasteiger partial charge in [-0.2, -0.15) is 0 Å². The number of methoxy groups -OCH3 is 1. The van der Waals surface area contributed by atoms with Gasteiger partial charge in [-0.15, -0.1) is 0 Å². The fourth-order valence-corrected chi connectivity index (χ4v) is 2.81. The predicted molar refractivity (Wildman–Crippen MR) is 83.7 cm³/mol. The third kappa shape index (κ3) is 2.84. The molecule has 7 heteroatoms. The van der Waals surface area contributed by atoms with Crippen molar-refractivity contribution in [3.05, 3.63) is 53.8 Å². The van der Waals surface area contributed by atoms with Crippen LogP contribution in [-0.2, 0) is 0 Å². The summed E-state index contributed by atoms with van der Waals surface area (Å²) in [6.07, 6.45) is 0. The molecule has 0 saturated heterocycles. The highest BCUT2D eigenvalue weighted by atomic mass is 32.1. The molecular weight excluding hydrogens is 305 g/mol.